The second-order valence-electron chi connectivity index (χ2n) is 8.67. The fraction of sp³-hybridized carbons (Fsp3) is 0.367. The third kappa shape index (κ3) is 9.01. The van der Waals surface area contributed by atoms with Crippen molar-refractivity contribution in [3.05, 3.63) is 79.1 Å². The van der Waals surface area contributed by atoms with Gasteiger partial charge in [0, 0.05) is 29.6 Å². The zero-order valence-electron chi connectivity index (χ0n) is 20.7. The van der Waals surface area contributed by atoms with Gasteiger partial charge in [0.25, 0.3) is 0 Å². The van der Waals surface area contributed by atoms with Crippen molar-refractivity contribution in [2.24, 2.45) is 0 Å². The number of benzene rings is 2. The maximum Gasteiger partial charge on any atom is 0.333 e. The van der Waals surface area contributed by atoms with E-state index < -0.39 is 5.97 Å². The molecule has 0 spiro atoms. The van der Waals surface area contributed by atoms with Gasteiger partial charge >= 0.3 is 5.97 Å². The summed E-state index contributed by atoms with van der Waals surface area (Å²) in [5.74, 6) is 0.809. The molecule has 0 atom stereocenters. The molecule has 0 saturated carbocycles. The molecule has 5 heteroatoms. The van der Waals surface area contributed by atoms with E-state index in [2.05, 4.69) is 47.7 Å². The van der Waals surface area contributed by atoms with Gasteiger partial charge in [-0.1, -0.05) is 94.8 Å². The summed E-state index contributed by atoms with van der Waals surface area (Å²) in [6.07, 6.45) is 16.6. The predicted molar refractivity (Wildman–Crippen MR) is 141 cm³/mol. The summed E-state index contributed by atoms with van der Waals surface area (Å²) >= 11 is 0. The second kappa shape index (κ2) is 14.7. The van der Waals surface area contributed by atoms with Crippen molar-refractivity contribution >= 4 is 5.97 Å². The van der Waals surface area contributed by atoms with Crippen LogP contribution in [0, 0.1) is 0 Å². The Kier molecular flexibility index (Phi) is 11.0. The van der Waals surface area contributed by atoms with Crippen molar-refractivity contribution in [1.82, 2.24) is 9.97 Å². The van der Waals surface area contributed by atoms with Gasteiger partial charge in [0.05, 0.1) is 0 Å². The summed E-state index contributed by atoms with van der Waals surface area (Å²) in [7, 11) is 0. The number of hydrogen-bond acceptors (Lipinski definition) is 5. The molecule has 0 amide bonds. The van der Waals surface area contributed by atoms with Crippen LogP contribution in [0.15, 0.2) is 73.6 Å². The molecule has 3 rings (SSSR count). The van der Waals surface area contributed by atoms with E-state index in [1.807, 2.05) is 36.7 Å². The van der Waals surface area contributed by atoms with Gasteiger partial charge in [-0.2, -0.15) is 0 Å². The molecule has 1 heterocycles. The van der Waals surface area contributed by atoms with Gasteiger partial charge in [0.2, 0.25) is 6.79 Å². The molecule has 5 nitrogen and oxygen atoms in total. The van der Waals surface area contributed by atoms with E-state index in [4.69, 9.17) is 9.47 Å². The Hall–Kier alpha value is -3.47. The maximum atomic E-state index is 11.1. The van der Waals surface area contributed by atoms with Crippen LogP contribution in [0.3, 0.4) is 0 Å². The molecule has 2 aromatic carbocycles. The zero-order chi connectivity index (χ0) is 24.7. The molecule has 0 fully saturated rings. The monoisotopic (exact) mass is 472 g/mol. The lowest BCUT2D eigenvalue weighted by atomic mass is 10.0. The van der Waals surface area contributed by atoms with Crippen LogP contribution in [0.1, 0.15) is 63.9 Å². The van der Waals surface area contributed by atoms with E-state index in [0.717, 1.165) is 35.0 Å². The molecule has 0 N–H and O–H groups in total. The van der Waals surface area contributed by atoms with E-state index in [-0.39, 0.29) is 6.79 Å². The van der Waals surface area contributed by atoms with E-state index in [9.17, 15) is 4.79 Å². The quantitative estimate of drug-likeness (QED) is 0.0988. The normalized spacial score (nSPS) is 10.7. The van der Waals surface area contributed by atoms with Gasteiger partial charge in [-0.05, 0) is 36.1 Å². The van der Waals surface area contributed by atoms with Crippen LogP contribution in [-0.2, 0) is 16.0 Å². The fourth-order valence-electron chi connectivity index (χ4n) is 3.87. The Labute approximate surface area is 209 Å². The molecule has 0 aliphatic carbocycles. The van der Waals surface area contributed by atoms with E-state index in [1.165, 1.54) is 56.9 Å². The van der Waals surface area contributed by atoms with Gasteiger partial charge in [0.1, 0.15) is 5.75 Å². The number of ether oxygens (including phenoxy) is 2. The molecular formula is C30H36N2O3. The number of carbonyl (C=O) groups is 1. The molecule has 0 saturated heterocycles. The summed E-state index contributed by atoms with van der Waals surface area (Å²) in [5, 5.41) is 0. The molecule has 1 aromatic heterocycles. The number of aromatic nitrogens is 2. The highest BCUT2D eigenvalue weighted by Crippen LogP contribution is 2.23. The molecule has 0 aliphatic rings. The lowest BCUT2D eigenvalue weighted by molar-refractivity contribution is -0.144. The first-order chi connectivity index (χ1) is 17.2. The molecular weight excluding hydrogens is 436 g/mol. The minimum absolute atomic E-state index is 0.153. The number of hydrogen-bond donors (Lipinski definition) is 0. The summed E-state index contributed by atoms with van der Waals surface area (Å²) in [6, 6.07) is 16.1. The zero-order valence-corrected chi connectivity index (χ0v) is 20.7. The van der Waals surface area contributed by atoms with Crippen LogP contribution in [0.4, 0.5) is 0 Å². The highest BCUT2D eigenvalue weighted by molar-refractivity contribution is 5.81. The predicted octanol–water partition coefficient (Wildman–Crippen LogP) is 7.56. The SMILES string of the molecule is C=CC(=O)OCOc1ccc(-c2cnc(-c3ccc(CCCCCCCCCC)cc3)nc2)cc1. The first-order valence-corrected chi connectivity index (χ1v) is 12.6. The van der Waals surface area contributed by atoms with E-state index in [1.54, 1.807) is 0 Å². The Morgan fingerprint density at radius 1 is 0.800 bits per heavy atom. The lowest BCUT2D eigenvalue weighted by Crippen LogP contribution is -2.07. The van der Waals surface area contributed by atoms with Crippen molar-refractivity contribution < 1.29 is 14.3 Å². The minimum Gasteiger partial charge on any atom is -0.457 e. The summed E-state index contributed by atoms with van der Waals surface area (Å²) in [5.41, 5.74) is 4.30. The Bertz CT molecular complexity index is 1030. The Morgan fingerprint density at radius 2 is 1.40 bits per heavy atom. The first-order valence-electron chi connectivity index (χ1n) is 12.6. The van der Waals surface area contributed by atoms with Crippen molar-refractivity contribution in [3.8, 4) is 28.3 Å². The third-order valence-corrected chi connectivity index (χ3v) is 5.96. The number of aryl methyl sites for hydroxylation is 1. The van der Waals surface area contributed by atoms with Crippen LogP contribution >= 0.6 is 0 Å². The van der Waals surface area contributed by atoms with Crippen LogP contribution in [0.2, 0.25) is 0 Å². The Morgan fingerprint density at radius 3 is 2.03 bits per heavy atom. The van der Waals surface area contributed by atoms with Crippen molar-refractivity contribution in [2.75, 3.05) is 6.79 Å². The molecule has 0 unspecified atom stereocenters. The highest BCUT2D eigenvalue weighted by atomic mass is 16.7. The number of nitrogens with zero attached hydrogens (tertiary/aromatic N) is 2. The second-order valence-corrected chi connectivity index (χ2v) is 8.67. The van der Waals surface area contributed by atoms with Crippen LogP contribution < -0.4 is 4.74 Å². The Balaban J connectivity index is 1.45. The van der Waals surface area contributed by atoms with Crippen molar-refractivity contribution in [2.45, 2.75) is 64.7 Å². The number of rotatable bonds is 15. The fourth-order valence-corrected chi connectivity index (χ4v) is 3.87. The average Bonchev–Trinajstić information content (AvgIpc) is 2.91. The minimum atomic E-state index is -0.517. The van der Waals surface area contributed by atoms with E-state index >= 15 is 0 Å². The standard InChI is InChI=1S/C30H36N2O3/c1-3-5-6-7-8-9-10-11-12-24-13-15-26(16-14-24)30-31-21-27(22-32-30)25-17-19-28(20-18-25)34-23-35-29(33)4-2/h4,13-22H,2-3,5-12,23H2,1H3. The molecule has 3 aromatic rings. The van der Waals surface area contributed by atoms with Gasteiger partial charge < -0.3 is 9.47 Å². The lowest BCUT2D eigenvalue weighted by Gasteiger charge is -2.08. The summed E-state index contributed by atoms with van der Waals surface area (Å²) in [4.78, 5) is 20.2. The average molecular weight is 473 g/mol. The summed E-state index contributed by atoms with van der Waals surface area (Å²) in [6.45, 7) is 5.45. The third-order valence-electron chi connectivity index (χ3n) is 5.96. The molecule has 0 bridgehead atoms. The van der Waals surface area contributed by atoms with Crippen LogP contribution in [0.5, 0.6) is 5.75 Å². The van der Waals surface area contributed by atoms with Crippen molar-refractivity contribution in [1.29, 1.82) is 0 Å². The van der Waals surface area contributed by atoms with Crippen molar-refractivity contribution in [3.63, 3.8) is 0 Å². The van der Waals surface area contributed by atoms with Gasteiger partial charge in [-0.3, -0.25) is 0 Å². The van der Waals surface area contributed by atoms with Gasteiger partial charge in [-0.25, -0.2) is 14.8 Å². The van der Waals surface area contributed by atoms with E-state index in [0.29, 0.717) is 5.75 Å². The van der Waals surface area contributed by atoms with Crippen LogP contribution in [-0.4, -0.2) is 22.7 Å². The first kappa shape index (κ1) is 26.1. The highest BCUT2D eigenvalue weighted by Gasteiger charge is 2.05. The topological polar surface area (TPSA) is 61.3 Å². The molecule has 35 heavy (non-hydrogen) atoms. The van der Waals surface area contributed by atoms with Gasteiger partial charge in [0.15, 0.2) is 5.82 Å². The largest absolute Gasteiger partial charge is 0.457 e. The molecule has 184 valence electrons. The number of esters is 1. The van der Waals surface area contributed by atoms with Gasteiger partial charge in [-0.15, -0.1) is 0 Å². The summed E-state index contributed by atoms with van der Waals surface area (Å²) < 4.78 is 10.2. The number of unbranched alkanes of at least 4 members (excludes halogenated alkanes) is 7. The number of carbonyl (C=O) groups excluding carboxylic acids is 1. The smallest absolute Gasteiger partial charge is 0.333 e. The van der Waals surface area contributed by atoms with Crippen LogP contribution in [0.25, 0.3) is 22.5 Å². The molecule has 0 radical (unpaired) electrons. The molecule has 0 aliphatic heterocycles. The maximum absolute atomic E-state index is 11.1.